The molecule has 7 nitrogen and oxygen atoms in total. The molecule has 142 valence electrons. The van der Waals surface area contributed by atoms with Crippen molar-refractivity contribution in [2.75, 3.05) is 11.9 Å². The number of aryl methyl sites for hydroxylation is 1. The number of nitrogens with zero attached hydrogens (tertiary/aromatic N) is 1. The van der Waals surface area contributed by atoms with E-state index in [0.29, 0.717) is 11.3 Å². The van der Waals surface area contributed by atoms with Crippen LogP contribution in [-0.2, 0) is 16.6 Å². The Kier molecular flexibility index (Phi) is 5.03. The van der Waals surface area contributed by atoms with Gasteiger partial charge in [0.25, 0.3) is 5.91 Å². The zero-order valence-electron chi connectivity index (χ0n) is 15.8. The van der Waals surface area contributed by atoms with Crippen molar-refractivity contribution in [3.05, 3.63) is 52.0 Å². The van der Waals surface area contributed by atoms with Gasteiger partial charge in [0, 0.05) is 29.0 Å². The van der Waals surface area contributed by atoms with Crippen LogP contribution in [0.15, 0.2) is 44.1 Å². The zero-order valence-corrected chi connectivity index (χ0v) is 15.8. The molecule has 0 fully saturated rings. The van der Waals surface area contributed by atoms with E-state index in [1.165, 1.54) is 6.07 Å². The van der Waals surface area contributed by atoms with Crippen LogP contribution in [-0.4, -0.2) is 17.7 Å². The third-order valence-electron chi connectivity index (χ3n) is 4.09. The van der Waals surface area contributed by atoms with E-state index >= 15 is 0 Å². The summed E-state index contributed by atoms with van der Waals surface area (Å²) in [6, 6.07) is 8.33. The number of fused-ring (bicyclic) bond motifs is 1. The van der Waals surface area contributed by atoms with Crippen LogP contribution in [0.25, 0.3) is 11.0 Å². The number of amides is 1. The molecule has 0 spiro atoms. The predicted octanol–water partition coefficient (Wildman–Crippen LogP) is 3.66. The van der Waals surface area contributed by atoms with Crippen molar-refractivity contribution in [3.63, 3.8) is 0 Å². The number of rotatable bonds is 5. The standard InChI is InChI=1S/C20H22N2O5/c1-5-12-8-19(24)26-15-9-13(6-7-14(12)15)25-11-17(23)21-18-10-16(22-27-18)20(2,3)4/h6-10H,5,11H2,1-4H3,(H,21,23). The van der Waals surface area contributed by atoms with E-state index in [1.54, 1.807) is 18.2 Å². The summed E-state index contributed by atoms with van der Waals surface area (Å²) < 4.78 is 15.8. The van der Waals surface area contributed by atoms with Gasteiger partial charge in [-0.05, 0) is 24.1 Å². The molecule has 1 N–H and O–H groups in total. The molecule has 2 aromatic heterocycles. The minimum Gasteiger partial charge on any atom is -0.484 e. The van der Waals surface area contributed by atoms with Crippen LogP contribution < -0.4 is 15.7 Å². The molecule has 2 heterocycles. The Morgan fingerprint density at radius 1 is 1.22 bits per heavy atom. The molecule has 7 heteroatoms. The van der Waals surface area contributed by atoms with Gasteiger partial charge in [-0.1, -0.05) is 32.9 Å². The molecule has 0 aliphatic heterocycles. The Bertz CT molecular complexity index is 1030. The smallest absolute Gasteiger partial charge is 0.336 e. The maximum absolute atomic E-state index is 12.1. The van der Waals surface area contributed by atoms with Crippen molar-refractivity contribution in [1.82, 2.24) is 5.16 Å². The first-order valence-corrected chi connectivity index (χ1v) is 8.73. The Balaban J connectivity index is 1.66. The third-order valence-corrected chi connectivity index (χ3v) is 4.09. The van der Waals surface area contributed by atoms with Crippen LogP contribution in [0.3, 0.4) is 0 Å². The molecule has 1 aromatic carbocycles. The SMILES string of the molecule is CCc1cc(=O)oc2cc(OCC(=O)Nc3cc(C(C)(C)C)no3)ccc12. The van der Waals surface area contributed by atoms with Crippen LogP contribution in [0.2, 0.25) is 0 Å². The fourth-order valence-electron chi connectivity index (χ4n) is 2.60. The number of benzene rings is 1. The van der Waals surface area contributed by atoms with Gasteiger partial charge in [0.1, 0.15) is 11.3 Å². The van der Waals surface area contributed by atoms with Crippen LogP contribution in [0.5, 0.6) is 5.75 Å². The normalized spacial score (nSPS) is 11.6. The number of carbonyl (C=O) groups excluding carboxylic acids is 1. The van der Waals surface area contributed by atoms with Gasteiger partial charge in [-0.15, -0.1) is 0 Å². The second-order valence-electron chi connectivity index (χ2n) is 7.27. The van der Waals surface area contributed by atoms with E-state index in [0.717, 1.165) is 23.1 Å². The number of hydrogen-bond acceptors (Lipinski definition) is 6. The summed E-state index contributed by atoms with van der Waals surface area (Å²) in [6.45, 7) is 7.76. The Hall–Kier alpha value is -3.09. The van der Waals surface area contributed by atoms with Gasteiger partial charge >= 0.3 is 5.63 Å². The minimum atomic E-state index is -0.408. The molecule has 0 unspecified atom stereocenters. The highest BCUT2D eigenvalue weighted by Crippen LogP contribution is 2.24. The molecule has 0 saturated heterocycles. The van der Waals surface area contributed by atoms with Crippen LogP contribution in [0, 0.1) is 0 Å². The number of anilines is 1. The molecule has 0 atom stereocenters. The number of aromatic nitrogens is 1. The maximum Gasteiger partial charge on any atom is 0.336 e. The van der Waals surface area contributed by atoms with Crippen molar-refractivity contribution in [2.24, 2.45) is 0 Å². The first kappa shape index (κ1) is 18.7. The van der Waals surface area contributed by atoms with E-state index < -0.39 is 5.63 Å². The lowest BCUT2D eigenvalue weighted by Crippen LogP contribution is -2.20. The molecule has 0 bridgehead atoms. The van der Waals surface area contributed by atoms with E-state index in [-0.39, 0.29) is 23.8 Å². The number of hydrogen-bond donors (Lipinski definition) is 1. The summed E-state index contributed by atoms with van der Waals surface area (Å²) in [5, 5.41) is 7.40. The molecule has 27 heavy (non-hydrogen) atoms. The van der Waals surface area contributed by atoms with Crippen molar-refractivity contribution in [1.29, 1.82) is 0 Å². The first-order chi connectivity index (χ1) is 12.8. The molecular formula is C20H22N2O5. The molecule has 0 radical (unpaired) electrons. The second kappa shape index (κ2) is 7.26. The summed E-state index contributed by atoms with van der Waals surface area (Å²) in [4.78, 5) is 23.7. The van der Waals surface area contributed by atoms with E-state index in [2.05, 4.69) is 10.5 Å². The van der Waals surface area contributed by atoms with Gasteiger partial charge in [-0.2, -0.15) is 0 Å². The van der Waals surface area contributed by atoms with Crippen molar-refractivity contribution >= 4 is 22.8 Å². The lowest BCUT2D eigenvalue weighted by atomic mass is 9.92. The number of nitrogens with one attached hydrogen (secondary N) is 1. The average Bonchev–Trinajstić information content (AvgIpc) is 3.07. The van der Waals surface area contributed by atoms with Gasteiger partial charge in [-0.25, -0.2) is 4.79 Å². The average molecular weight is 370 g/mol. The summed E-state index contributed by atoms with van der Waals surface area (Å²) in [5.41, 5.74) is 1.51. The van der Waals surface area contributed by atoms with Crippen molar-refractivity contribution in [2.45, 2.75) is 39.5 Å². The fourth-order valence-corrected chi connectivity index (χ4v) is 2.60. The van der Waals surface area contributed by atoms with Crippen molar-refractivity contribution < 1.29 is 18.5 Å². The highest BCUT2D eigenvalue weighted by atomic mass is 16.5. The monoisotopic (exact) mass is 370 g/mol. The summed E-state index contributed by atoms with van der Waals surface area (Å²) in [7, 11) is 0. The number of carbonyl (C=O) groups is 1. The lowest BCUT2D eigenvalue weighted by molar-refractivity contribution is -0.118. The summed E-state index contributed by atoms with van der Waals surface area (Å²) in [6.07, 6.45) is 0.721. The lowest BCUT2D eigenvalue weighted by Gasteiger charge is -2.12. The van der Waals surface area contributed by atoms with Gasteiger partial charge in [0.2, 0.25) is 5.88 Å². The van der Waals surface area contributed by atoms with E-state index in [9.17, 15) is 9.59 Å². The molecule has 3 aromatic rings. The molecule has 0 saturated carbocycles. The maximum atomic E-state index is 12.1. The first-order valence-electron chi connectivity index (χ1n) is 8.73. The van der Waals surface area contributed by atoms with Gasteiger partial charge < -0.3 is 13.7 Å². The molecule has 0 aliphatic carbocycles. The molecule has 0 aliphatic rings. The topological polar surface area (TPSA) is 94.6 Å². The Morgan fingerprint density at radius 2 is 2.00 bits per heavy atom. The molecule has 1 amide bonds. The largest absolute Gasteiger partial charge is 0.484 e. The number of ether oxygens (including phenoxy) is 1. The summed E-state index contributed by atoms with van der Waals surface area (Å²) >= 11 is 0. The van der Waals surface area contributed by atoms with Gasteiger partial charge in [-0.3, -0.25) is 10.1 Å². The van der Waals surface area contributed by atoms with Crippen LogP contribution >= 0.6 is 0 Å². The quantitative estimate of drug-likeness (QED) is 0.689. The van der Waals surface area contributed by atoms with Crippen LogP contribution in [0.1, 0.15) is 39.0 Å². The van der Waals surface area contributed by atoms with Crippen LogP contribution in [0.4, 0.5) is 5.88 Å². The summed E-state index contributed by atoms with van der Waals surface area (Å²) in [5.74, 6) is 0.322. The van der Waals surface area contributed by atoms with Gasteiger partial charge in [0.15, 0.2) is 6.61 Å². The highest BCUT2D eigenvalue weighted by molar-refractivity contribution is 5.90. The van der Waals surface area contributed by atoms with Crippen molar-refractivity contribution in [3.8, 4) is 5.75 Å². The second-order valence-corrected chi connectivity index (χ2v) is 7.27. The Morgan fingerprint density at radius 3 is 2.67 bits per heavy atom. The fraction of sp³-hybridized carbons (Fsp3) is 0.350. The van der Waals surface area contributed by atoms with Gasteiger partial charge in [0.05, 0.1) is 5.69 Å². The minimum absolute atomic E-state index is 0.171. The van der Waals surface area contributed by atoms with E-state index in [1.807, 2.05) is 33.8 Å². The predicted molar refractivity (Wildman–Crippen MR) is 101 cm³/mol. The Labute approximate surface area is 156 Å². The highest BCUT2D eigenvalue weighted by Gasteiger charge is 2.19. The molecule has 3 rings (SSSR count). The zero-order chi connectivity index (χ0) is 19.6. The third kappa shape index (κ3) is 4.36. The van der Waals surface area contributed by atoms with E-state index in [4.69, 9.17) is 13.7 Å². The molecular weight excluding hydrogens is 348 g/mol.